The van der Waals surface area contributed by atoms with Crippen molar-refractivity contribution in [3.8, 4) is 5.75 Å². The van der Waals surface area contributed by atoms with E-state index in [2.05, 4.69) is 17.4 Å². The Kier molecular flexibility index (Phi) is 6.36. The number of anilines is 1. The van der Waals surface area contributed by atoms with Gasteiger partial charge in [-0.3, -0.25) is 0 Å². The van der Waals surface area contributed by atoms with E-state index in [1.807, 2.05) is 39.0 Å². The first-order valence-electron chi connectivity index (χ1n) is 11.1. The number of carbonyl (C=O) groups is 1. The lowest BCUT2D eigenvalue weighted by molar-refractivity contribution is 0.185. The van der Waals surface area contributed by atoms with Gasteiger partial charge in [0, 0.05) is 18.7 Å². The topological polar surface area (TPSA) is 52.6 Å². The highest BCUT2D eigenvalue weighted by Gasteiger charge is 2.31. The van der Waals surface area contributed by atoms with E-state index < -0.39 is 17.7 Å². The summed E-state index contributed by atoms with van der Waals surface area (Å²) >= 11 is 0. The fraction of sp³-hybridized carbons (Fsp3) is 0.296. The second-order valence-electron chi connectivity index (χ2n) is 9.01. The van der Waals surface area contributed by atoms with E-state index in [9.17, 15) is 18.7 Å². The number of amides is 2. The normalized spacial score (nSPS) is 13.3. The highest BCUT2D eigenvalue weighted by molar-refractivity contribution is 5.89. The summed E-state index contributed by atoms with van der Waals surface area (Å²) in [6.07, 6.45) is 1.40. The molecule has 0 spiro atoms. The van der Waals surface area contributed by atoms with Crippen molar-refractivity contribution in [1.82, 2.24) is 4.90 Å². The summed E-state index contributed by atoms with van der Waals surface area (Å²) in [6, 6.07) is 14.3. The molecule has 0 saturated heterocycles. The molecule has 33 heavy (non-hydrogen) atoms. The summed E-state index contributed by atoms with van der Waals surface area (Å²) in [7, 11) is 0. The molecule has 0 atom stereocenters. The van der Waals surface area contributed by atoms with Crippen LogP contribution in [0.15, 0.2) is 54.6 Å². The third-order valence-corrected chi connectivity index (χ3v) is 6.35. The van der Waals surface area contributed by atoms with Gasteiger partial charge in [-0.1, -0.05) is 38.1 Å². The summed E-state index contributed by atoms with van der Waals surface area (Å²) in [5.74, 6) is -1.16. The minimum atomic E-state index is -0.819. The molecule has 1 aliphatic rings. The summed E-state index contributed by atoms with van der Waals surface area (Å²) < 4.78 is 27.6. The van der Waals surface area contributed by atoms with Crippen LogP contribution in [0, 0.1) is 18.6 Å². The van der Waals surface area contributed by atoms with E-state index in [0.29, 0.717) is 19.4 Å². The van der Waals surface area contributed by atoms with Gasteiger partial charge in [0.15, 0.2) is 0 Å². The van der Waals surface area contributed by atoms with Gasteiger partial charge in [0.05, 0.1) is 5.69 Å². The molecule has 4 nitrogen and oxygen atoms in total. The number of urea groups is 1. The van der Waals surface area contributed by atoms with Gasteiger partial charge in [-0.2, -0.15) is 0 Å². The van der Waals surface area contributed by atoms with E-state index >= 15 is 0 Å². The maximum Gasteiger partial charge on any atom is 0.322 e. The molecule has 0 fully saturated rings. The number of benzene rings is 3. The lowest BCUT2D eigenvalue weighted by Crippen LogP contribution is -2.43. The molecule has 3 aromatic carbocycles. The van der Waals surface area contributed by atoms with Crippen LogP contribution in [0.2, 0.25) is 0 Å². The molecule has 0 bridgehead atoms. The third-order valence-electron chi connectivity index (χ3n) is 6.35. The Hall–Kier alpha value is -3.41. The van der Waals surface area contributed by atoms with Crippen molar-refractivity contribution in [2.75, 3.05) is 5.32 Å². The Morgan fingerprint density at radius 2 is 1.76 bits per heavy atom. The molecule has 0 aromatic heterocycles. The molecule has 4 rings (SSSR count). The number of halogens is 2. The second kappa shape index (κ2) is 9.22. The van der Waals surface area contributed by atoms with Gasteiger partial charge in [-0.05, 0) is 77.8 Å². The number of fused-ring (bicyclic) bond motifs is 1. The van der Waals surface area contributed by atoms with Gasteiger partial charge in [-0.15, -0.1) is 0 Å². The van der Waals surface area contributed by atoms with E-state index in [1.54, 1.807) is 11.0 Å². The molecule has 2 N–H and O–H groups in total. The minimum Gasteiger partial charge on any atom is -0.508 e. The average molecular weight is 451 g/mol. The fourth-order valence-electron chi connectivity index (χ4n) is 4.47. The van der Waals surface area contributed by atoms with Crippen molar-refractivity contribution in [1.29, 1.82) is 0 Å². The summed E-state index contributed by atoms with van der Waals surface area (Å²) in [4.78, 5) is 15.1. The van der Waals surface area contributed by atoms with Crippen molar-refractivity contribution in [3.63, 3.8) is 0 Å². The monoisotopic (exact) mass is 450 g/mol. The van der Waals surface area contributed by atoms with Crippen LogP contribution in [0.3, 0.4) is 0 Å². The van der Waals surface area contributed by atoms with Crippen LogP contribution in [0.1, 0.15) is 47.6 Å². The molecule has 0 unspecified atom stereocenters. The van der Waals surface area contributed by atoms with Gasteiger partial charge in [-0.25, -0.2) is 13.6 Å². The number of carbonyl (C=O) groups excluding carboxylic acids is 1. The van der Waals surface area contributed by atoms with Crippen molar-refractivity contribution < 1.29 is 18.7 Å². The molecular weight excluding hydrogens is 422 g/mol. The smallest absolute Gasteiger partial charge is 0.322 e. The highest BCUT2D eigenvalue weighted by atomic mass is 19.1. The van der Waals surface area contributed by atoms with E-state index in [-0.39, 0.29) is 23.4 Å². The van der Waals surface area contributed by atoms with Gasteiger partial charge >= 0.3 is 6.03 Å². The lowest BCUT2D eigenvalue weighted by Gasteiger charge is -2.30. The van der Waals surface area contributed by atoms with Crippen LogP contribution in [0.25, 0.3) is 0 Å². The Morgan fingerprint density at radius 3 is 2.36 bits per heavy atom. The number of hydrogen-bond acceptors (Lipinski definition) is 2. The Morgan fingerprint density at radius 1 is 1.09 bits per heavy atom. The molecular formula is C27H28F2N2O2. The molecule has 0 aliphatic heterocycles. The zero-order valence-electron chi connectivity index (χ0n) is 19.0. The fourth-order valence-corrected chi connectivity index (χ4v) is 4.47. The van der Waals surface area contributed by atoms with Gasteiger partial charge in [0.25, 0.3) is 0 Å². The van der Waals surface area contributed by atoms with Crippen LogP contribution < -0.4 is 5.32 Å². The predicted molar refractivity (Wildman–Crippen MR) is 125 cm³/mol. The molecule has 172 valence electrons. The maximum atomic E-state index is 14.2. The quantitative estimate of drug-likeness (QED) is 0.479. The van der Waals surface area contributed by atoms with Crippen LogP contribution in [-0.4, -0.2) is 22.1 Å². The number of nitrogens with zero attached hydrogens (tertiary/aromatic N) is 1. The van der Waals surface area contributed by atoms with Crippen molar-refractivity contribution >= 4 is 11.7 Å². The largest absolute Gasteiger partial charge is 0.508 e. The standard InChI is InChI=1S/C27H28F2N2O2/c1-16(2)23-13-20(17(3)10-26(23)32)15-31(22-11-18-6-4-5-7-19(18)12-22)27(33)30-25-9-8-21(28)14-24(25)29/h4-10,13-14,16,22,32H,11-12,15H2,1-3H3,(H,30,33). The number of aryl methyl sites for hydroxylation is 1. The molecule has 1 aliphatic carbocycles. The highest BCUT2D eigenvalue weighted by Crippen LogP contribution is 2.32. The predicted octanol–water partition coefficient (Wildman–Crippen LogP) is 6.30. The molecule has 2 amide bonds. The minimum absolute atomic E-state index is 0.0628. The van der Waals surface area contributed by atoms with Crippen LogP contribution in [0.5, 0.6) is 5.75 Å². The average Bonchev–Trinajstić information content (AvgIpc) is 3.18. The van der Waals surface area contributed by atoms with E-state index in [4.69, 9.17) is 0 Å². The number of aromatic hydroxyl groups is 1. The zero-order valence-corrected chi connectivity index (χ0v) is 19.0. The maximum absolute atomic E-state index is 14.2. The number of nitrogens with one attached hydrogen (secondary N) is 1. The Balaban J connectivity index is 1.66. The SMILES string of the molecule is Cc1cc(O)c(C(C)C)cc1CN(C(=O)Nc1ccc(F)cc1F)C1Cc2ccccc2C1. The number of phenols is 1. The molecule has 6 heteroatoms. The first kappa shape index (κ1) is 22.8. The van der Waals surface area contributed by atoms with Crippen molar-refractivity contribution in [2.45, 2.75) is 52.1 Å². The molecule has 0 saturated carbocycles. The lowest BCUT2D eigenvalue weighted by atomic mass is 9.96. The van der Waals surface area contributed by atoms with Gasteiger partial charge < -0.3 is 15.3 Å². The van der Waals surface area contributed by atoms with Crippen LogP contribution in [-0.2, 0) is 19.4 Å². The summed E-state index contributed by atoms with van der Waals surface area (Å²) in [5, 5.41) is 13.0. The van der Waals surface area contributed by atoms with Gasteiger partial charge in [0.1, 0.15) is 17.4 Å². The van der Waals surface area contributed by atoms with Crippen molar-refractivity contribution in [3.05, 3.63) is 94.0 Å². The summed E-state index contributed by atoms with van der Waals surface area (Å²) in [5.41, 5.74) is 4.93. The third kappa shape index (κ3) is 4.85. The molecule has 3 aromatic rings. The van der Waals surface area contributed by atoms with Crippen LogP contribution in [0.4, 0.5) is 19.3 Å². The Bertz CT molecular complexity index is 1170. The molecule has 0 radical (unpaired) electrons. The second-order valence-corrected chi connectivity index (χ2v) is 9.01. The number of phenolic OH excluding ortho intramolecular Hbond substituents is 1. The Labute approximate surface area is 192 Å². The van der Waals surface area contributed by atoms with E-state index in [0.717, 1.165) is 28.8 Å². The first-order chi connectivity index (χ1) is 15.7. The zero-order chi connectivity index (χ0) is 23.7. The number of rotatable bonds is 5. The first-order valence-corrected chi connectivity index (χ1v) is 11.1. The van der Waals surface area contributed by atoms with E-state index in [1.165, 1.54) is 17.2 Å². The van der Waals surface area contributed by atoms with Crippen LogP contribution >= 0.6 is 0 Å². The number of hydrogen-bond donors (Lipinski definition) is 2. The van der Waals surface area contributed by atoms with Gasteiger partial charge in [0.2, 0.25) is 0 Å². The molecule has 0 heterocycles. The van der Waals surface area contributed by atoms with Crippen molar-refractivity contribution in [2.24, 2.45) is 0 Å². The summed E-state index contributed by atoms with van der Waals surface area (Å²) in [6.45, 7) is 6.21.